The fourth-order valence-electron chi connectivity index (χ4n) is 0.155. The molecule has 0 aromatic heterocycles. The fourth-order valence-corrected chi connectivity index (χ4v) is 0.898. The first-order valence-corrected chi connectivity index (χ1v) is 4.79. The summed E-state index contributed by atoms with van der Waals surface area (Å²) in [5, 5.41) is 0. The van der Waals surface area contributed by atoms with Gasteiger partial charge >= 0.3 is 5.97 Å². The van der Waals surface area contributed by atoms with Crippen molar-refractivity contribution in [2.75, 3.05) is 12.2 Å². The summed E-state index contributed by atoms with van der Waals surface area (Å²) in [5.41, 5.74) is 0. The van der Waals surface area contributed by atoms with Crippen LogP contribution in [0.4, 0.5) is 0 Å². The molecule has 0 atom stereocenters. The highest BCUT2D eigenvalue weighted by Crippen LogP contribution is 2.15. The molecule has 0 aliphatic rings. The average Bonchev–Trinajstić information content (AvgIpc) is 1.66. The first-order valence-electron chi connectivity index (χ1n) is 2.06. The third-order valence-electron chi connectivity index (χ3n) is 0.428. The molecule has 0 fully saturated rings. The molecular weight excluding hydrogens is 144 g/mol. The molecule has 0 unspecified atom stereocenters. The second-order valence-electron chi connectivity index (χ2n) is 1.04. The van der Waals surface area contributed by atoms with Crippen LogP contribution in [-0.4, -0.2) is 18.2 Å². The lowest BCUT2D eigenvalue weighted by molar-refractivity contribution is -0.138. The Morgan fingerprint density at radius 3 is 2.75 bits per heavy atom. The molecule has 2 nitrogen and oxygen atoms in total. The zero-order valence-corrected chi connectivity index (χ0v) is 6.47. The predicted octanol–water partition coefficient (Wildman–Crippen LogP) is 1.52. The van der Waals surface area contributed by atoms with Crippen LogP contribution in [0.2, 0.25) is 0 Å². The van der Waals surface area contributed by atoms with Gasteiger partial charge in [-0.15, -0.1) is 0 Å². The molecule has 0 heterocycles. The third kappa shape index (κ3) is 6.17. The van der Waals surface area contributed by atoms with Gasteiger partial charge in [-0.2, -0.15) is 0 Å². The van der Waals surface area contributed by atoms with Gasteiger partial charge in [0, 0.05) is 6.92 Å². The number of hydrogen-bond acceptors (Lipinski definition) is 4. The number of ether oxygens (including phenoxy) is 1. The van der Waals surface area contributed by atoms with E-state index in [-0.39, 0.29) is 5.97 Å². The molecule has 0 spiro atoms. The Kier molecular flexibility index (Phi) is 5.42. The molecule has 0 aliphatic carbocycles. The number of carbonyl (C=O) groups is 1. The highest BCUT2D eigenvalue weighted by atomic mass is 33.1. The Balaban J connectivity index is 2.82. The van der Waals surface area contributed by atoms with Gasteiger partial charge in [0.25, 0.3) is 0 Å². The normalized spacial score (nSPS) is 8.75. The molecule has 4 heteroatoms. The Morgan fingerprint density at radius 1 is 1.75 bits per heavy atom. The summed E-state index contributed by atoms with van der Waals surface area (Å²) in [6.45, 7) is 1.40. The maximum Gasteiger partial charge on any atom is 0.303 e. The van der Waals surface area contributed by atoms with Gasteiger partial charge in [0.05, 0.1) is 0 Å². The number of carbonyl (C=O) groups excluding carboxylic acids is 1. The van der Waals surface area contributed by atoms with Crippen molar-refractivity contribution in [1.82, 2.24) is 0 Å². The van der Waals surface area contributed by atoms with Crippen molar-refractivity contribution in [3.63, 3.8) is 0 Å². The van der Waals surface area contributed by atoms with Crippen molar-refractivity contribution < 1.29 is 9.53 Å². The van der Waals surface area contributed by atoms with Crippen molar-refractivity contribution in [3.05, 3.63) is 0 Å². The largest absolute Gasteiger partial charge is 0.454 e. The lowest BCUT2D eigenvalue weighted by Crippen LogP contribution is -1.95. The van der Waals surface area contributed by atoms with E-state index in [2.05, 4.69) is 4.74 Å². The van der Waals surface area contributed by atoms with Crippen LogP contribution < -0.4 is 0 Å². The maximum atomic E-state index is 10.1. The lowest BCUT2D eigenvalue weighted by Gasteiger charge is -1.95. The van der Waals surface area contributed by atoms with Crippen molar-refractivity contribution in [2.45, 2.75) is 6.92 Å². The minimum atomic E-state index is -0.216. The Hall–Kier alpha value is 0.170. The summed E-state index contributed by atoms with van der Waals surface area (Å²) in [5.74, 6) is 0.239. The van der Waals surface area contributed by atoms with Gasteiger partial charge in [-0.1, -0.05) is 21.6 Å². The zero-order valence-electron chi connectivity index (χ0n) is 4.84. The molecule has 0 radical (unpaired) electrons. The van der Waals surface area contributed by atoms with Gasteiger partial charge in [0.2, 0.25) is 0 Å². The smallest absolute Gasteiger partial charge is 0.303 e. The first-order chi connectivity index (χ1) is 3.77. The summed E-state index contributed by atoms with van der Waals surface area (Å²) >= 11 is 0. The second-order valence-corrected chi connectivity index (χ2v) is 3.55. The summed E-state index contributed by atoms with van der Waals surface area (Å²) in [4.78, 5) is 10.1. The van der Waals surface area contributed by atoms with E-state index in [0.29, 0.717) is 5.94 Å². The average molecular weight is 152 g/mol. The minimum absolute atomic E-state index is 0.216. The van der Waals surface area contributed by atoms with Crippen LogP contribution >= 0.6 is 21.6 Å². The van der Waals surface area contributed by atoms with Gasteiger partial charge in [0.1, 0.15) is 5.94 Å². The summed E-state index contributed by atoms with van der Waals surface area (Å²) in [6.07, 6.45) is 1.94. The lowest BCUT2D eigenvalue weighted by atomic mass is 10.8. The van der Waals surface area contributed by atoms with Crippen LogP contribution in [0.1, 0.15) is 6.92 Å². The van der Waals surface area contributed by atoms with Crippen LogP contribution in [0.5, 0.6) is 0 Å². The molecule has 48 valence electrons. The van der Waals surface area contributed by atoms with Gasteiger partial charge < -0.3 is 4.74 Å². The quantitative estimate of drug-likeness (QED) is 0.265. The number of hydrogen-bond donors (Lipinski definition) is 0. The zero-order chi connectivity index (χ0) is 6.41. The molecule has 0 saturated carbocycles. The van der Waals surface area contributed by atoms with Crippen LogP contribution in [-0.2, 0) is 9.53 Å². The molecule has 0 amide bonds. The van der Waals surface area contributed by atoms with Crippen molar-refractivity contribution >= 4 is 27.6 Å². The topological polar surface area (TPSA) is 26.3 Å². The first kappa shape index (κ1) is 8.17. The van der Waals surface area contributed by atoms with E-state index in [9.17, 15) is 4.79 Å². The monoisotopic (exact) mass is 152 g/mol. The van der Waals surface area contributed by atoms with Crippen LogP contribution in [0, 0.1) is 0 Å². The van der Waals surface area contributed by atoms with E-state index in [1.54, 1.807) is 10.8 Å². The Bertz CT molecular complexity index is 74.4. The van der Waals surface area contributed by atoms with E-state index in [0.717, 1.165) is 0 Å². The Labute approximate surface area is 56.8 Å². The molecule has 8 heavy (non-hydrogen) atoms. The molecule has 0 bridgehead atoms. The molecule has 0 saturated heterocycles. The second kappa shape index (κ2) is 5.31. The van der Waals surface area contributed by atoms with E-state index in [1.165, 1.54) is 17.7 Å². The van der Waals surface area contributed by atoms with Crippen LogP contribution in [0.25, 0.3) is 0 Å². The van der Waals surface area contributed by atoms with Gasteiger partial charge in [0.15, 0.2) is 0 Å². The molecule has 0 N–H and O–H groups in total. The molecular formula is C4H8O2S2. The molecule has 0 aromatic carbocycles. The van der Waals surface area contributed by atoms with E-state index >= 15 is 0 Å². The van der Waals surface area contributed by atoms with Gasteiger partial charge in [-0.05, 0) is 6.26 Å². The summed E-state index contributed by atoms with van der Waals surface area (Å²) in [6, 6.07) is 0. The molecule has 0 aliphatic heterocycles. The van der Waals surface area contributed by atoms with E-state index in [1.807, 2.05) is 6.26 Å². The van der Waals surface area contributed by atoms with Crippen molar-refractivity contribution in [1.29, 1.82) is 0 Å². The third-order valence-corrected chi connectivity index (χ3v) is 1.87. The van der Waals surface area contributed by atoms with E-state index in [4.69, 9.17) is 0 Å². The Morgan fingerprint density at radius 2 is 2.38 bits per heavy atom. The SMILES string of the molecule is CSSCOC(C)=O. The number of rotatable bonds is 3. The molecule has 0 rings (SSSR count). The van der Waals surface area contributed by atoms with Gasteiger partial charge in [-0.3, -0.25) is 4.79 Å². The highest BCUT2D eigenvalue weighted by Gasteiger charge is 1.88. The van der Waals surface area contributed by atoms with E-state index < -0.39 is 0 Å². The van der Waals surface area contributed by atoms with Crippen LogP contribution in [0.3, 0.4) is 0 Å². The van der Waals surface area contributed by atoms with Gasteiger partial charge in [-0.25, -0.2) is 0 Å². The minimum Gasteiger partial charge on any atom is -0.454 e. The summed E-state index contributed by atoms with van der Waals surface area (Å²) in [7, 11) is 3.09. The fraction of sp³-hybridized carbons (Fsp3) is 0.750. The standard InChI is InChI=1S/C4H8O2S2/c1-4(5)6-3-8-7-2/h3H2,1-2H3. The van der Waals surface area contributed by atoms with Crippen molar-refractivity contribution in [2.24, 2.45) is 0 Å². The van der Waals surface area contributed by atoms with Crippen LogP contribution in [0.15, 0.2) is 0 Å². The summed E-state index contributed by atoms with van der Waals surface area (Å²) < 4.78 is 4.59. The van der Waals surface area contributed by atoms with Crippen molar-refractivity contribution in [3.8, 4) is 0 Å². The molecule has 0 aromatic rings. The predicted molar refractivity (Wildman–Crippen MR) is 37.7 cm³/mol. The maximum absolute atomic E-state index is 10.1. The highest BCUT2D eigenvalue weighted by molar-refractivity contribution is 8.76. The number of esters is 1.